The molecule has 6 heteroatoms. The molecule has 3 aromatic rings. The zero-order chi connectivity index (χ0) is 12.8. The van der Waals surface area contributed by atoms with Crippen molar-refractivity contribution in [2.24, 2.45) is 0 Å². The lowest BCUT2D eigenvalue weighted by Gasteiger charge is -2.19. The van der Waals surface area contributed by atoms with Crippen LogP contribution < -0.4 is 5.32 Å². The van der Waals surface area contributed by atoms with E-state index in [4.69, 9.17) is 0 Å². The molecule has 1 N–H and O–H groups in total. The molecule has 1 aliphatic heterocycles. The number of hydrogen-bond acceptors (Lipinski definition) is 5. The summed E-state index contributed by atoms with van der Waals surface area (Å²) in [4.78, 5) is 11.2. The summed E-state index contributed by atoms with van der Waals surface area (Å²) in [6.07, 6.45) is 2.77. The van der Waals surface area contributed by atoms with Gasteiger partial charge < -0.3 is 5.32 Å². The third-order valence-corrected chi connectivity index (χ3v) is 4.45. The molecular weight excluding hydrogens is 258 g/mol. The molecule has 0 saturated carbocycles. The van der Waals surface area contributed by atoms with Gasteiger partial charge in [0.2, 0.25) is 10.8 Å². The summed E-state index contributed by atoms with van der Waals surface area (Å²) >= 11 is 1.72. The highest BCUT2D eigenvalue weighted by Crippen LogP contribution is 2.27. The lowest BCUT2D eigenvalue weighted by Crippen LogP contribution is -2.32. The fourth-order valence-electron chi connectivity index (χ4n) is 2.40. The van der Waals surface area contributed by atoms with Crippen LogP contribution in [-0.4, -0.2) is 25.6 Å². The zero-order valence-electron chi connectivity index (χ0n) is 10.5. The van der Waals surface area contributed by atoms with Crippen molar-refractivity contribution in [1.82, 2.24) is 24.9 Å². The minimum atomic E-state index is 0.493. The number of pyridine rings is 1. The Morgan fingerprint density at radius 1 is 1.42 bits per heavy atom. The molecule has 4 rings (SSSR count). The van der Waals surface area contributed by atoms with E-state index in [1.807, 2.05) is 22.7 Å². The summed E-state index contributed by atoms with van der Waals surface area (Å²) in [6, 6.07) is 6.29. The van der Waals surface area contributed by atoms with Crippen LogP contribution >= 0.6 is 11.3 Å². The van der Waals surface area contributed by atoms with Crippen molar-refractivity contribution >= 4 is 16.3 Å². The second-order valence-electron chi connectivity index (χ2n) is 4.80. The third-order valence-electron chi connectivity index (χ3n) is 3.37. The molecule has 96 valence electrons. The lowest BCUT2D eigenvalue weighted by atomic mass is 10.1. The fourth-order valence-corrected chi connectivity index (χ4v) is 3.43. The van der Waals surface area contributed by atoms with E-state index in [2.05, 4.69) is 27.3 Å². The summed E-state index contributed by atoms with van der Waals surface area (Å²) in [5.74, 6) is 0.709. The number of thiazole rings is 1. The van der Waals surface area contributed by atoms with Crippen molar-refractivity contribution in [3.8, 4) is 11.5 Å². The van der Waals surface area contributed by atoms with E-state index in [-0.39, 0.29) is 0 Å². The Morgan fingerprint density at radius 3 is 3.21 bits per heavy atom. The number of nitrogens with one attached hydrogen (secondary N) is 1. The maximum atomic E-state index is 4.62. The highest BCUT2D eigenvalue weighted by molar-refractivity contribution is 7.17. The van der Waals surface area contributed by atoms with E-state index in [9.17, 15) is 0 Å². The van der Waals surface area contributed by atoms with Gasteiger partial charge in [-0.1, -0.05) is 17.4 Å². The van der Waals surface area contributed by atoms with Gasteiger partial charge >= 0.3 is 0 Å². The molecule has 5 nitrogen and oxygen atoms in total. The fraction of sp³-hybridized carbons (Fsp3) is 0.308. The van der Waals surface area contributed by atoms with Crippen molar-refractivity contribution in [3.05, 3.63) is 35.0 Å². The van der Waals surface area contributed by atoms with E-state index in [1.165, 1.54) is 10.6 Å². The molecule has 0 radical (unpaired) electrons. The van der Waals surface area contributed by atoms with Gasteiger partial charge in [0.1, 0.15) is 5.69 Å². The molecule has 0 aromatic carbocycles. The molecular formula is C13H13N5S. The Morgan fingerprint density at radius 2 is 2.37 bits per heavy atom. The average molecular weight is 271 g/mol. The van der Waals surface area contributed by atoms with Crippen molar-refractivity contribution < 1.29 is 0 Å². The molecule has 0 aliphatic carbocycles. The summed E-state index contributed by atoms with van der Waals surface area (Å²) < 4.78 is 1.99. The van der Waals surface area contributed by atoms with Crippen molar-refractivity contribution in [2.45, 2.75) is 25.9 Å². The van der Waals surface area contributed by atoms with Gasteiger partial charge in [-0.2, -0.15) is 4.98 Å². The standard InChI is InChI=1S/C13H13N5S/c1-8-6-10-11(7-15-8)19-13-16-12(17-18(10)13)9-4-2-3-5-14-9/h2-5,8,15H,6-7H2,1H3. The Hall–Kier alpha value is -1.79. The highest BCUT2D eigenvalue weighted by Gasteiger charge is 2.22. The van der Waals surface area contributed by atoms with Gasteiger partial charge in [-0.3, -0.25) is 4.98 Å². The number of aromatic nitrogens is 4. The van der Waals surface area contributed by atoms with Crippen LogP contribution in [0.3, 0.4) is 0 Å². The summed E-state index contributed by atoms with van der Waals surface area (Å²) in [5.41, 5.74) is 2.12. The van der Waals surface area contributed by atoms with Gasteiger partial charge in [-0.25, -0.2) is 4.52 Å². The van der Waals surface area contributed by atoms with Gasteiger partial charge in [-0.05, 0) is 19.1 Å². The topological polar surface area (TPSA) is 55.1 Å². The lowest BCUT2D eigenvalue weighted by molar-refractivity contribution is 0.505. The second kappa shape index (κ2) is 4.11. The number of nitrogens with zero attached hydrogens (tertiary/aromatic N) is 4. The van der Waals surface area contributed by atoms with E-state index in [1.54, 1.807) is 17.5 Å². The van der Waals surface area contributed by atoms with Crippen molar-refractivity contribution in [3.63, 3.8) is 0 Å². The quantitative estimate of drug-likeness (QED) is 0.734. The Kier molecular flexibility index (Phi) is 2.39. The molecule has 19 heavy (non-hydrogen) atoms. The van der Waals surface area contributed by atoms with Crippen LogP contribution in [0.1, 0.15) is 17.5 Å². The van der Waals surface area contributed by atoms with Gasteiger partial charge in [0.05, 0.1) is 5.69 Å². The SMILES string of the molecule is CC1Cc2c(sc3nc(-c4ccccn4)nn23)CN1. The molecule has 1 atom stereocenters. The maximum absolute atomic E-state index is 4.62. The molecule has 1 unspecified atom stereocenters. The van der Waals surface area contributed by atoms with Gasteiger partial charge in [0.25, 0.3) is 0 Å². The van der Waals surface area contributed by atoms with E-state index in [0.717, 1.165) is 23.6 Å². The van der Waals surface area contributed by atoms with Crippen molar-refractivity contribution in [1.29, 1.82) is 0 Å². The molecule has 0 fully saturated rings. The molecule has 0 bridgehead atoms. The Labute approximate surface area is 114 Å². The minimum absolute atomic E-state index is 0.493. The molecule has 0 amide bonds. The van der Waals surface area contributed by atoms with Crippen LogP contribution in [0.15, 0.2) is 24.4 Å². The maximum Gasteiger partial charge on any atom is 0.213 e. The summed E-state index contributed by atoms with van der Waals surface area (Å²) in [5, 5.41) is 8.08. The van der Waals surface area contributed by atoms with Crippen molar-refractivity contribution in [2.75, 3.05) is 0 Å². The minimum Gasteiger partial charge on any atom is -0.309 e. The van der Waals surface area contributed by atoms with Gasteiger partial charge in [-0.15, -0.1) is 5.10 Å². The molecule has 0 saturated heterocycles. The average Bonchev–Trinajstić information content (AvgIpc) is 2.98. The normalized spacial score (nSPS) is 18.7. The molecule has 0 spiro atoms. The molecule has 3 aromatic heterocycles. The molecule has 1 aliphatic rings. The van der Waals surface area contributed by atoms with E-state index in [0.29, 0.717) is 11.9 Å². The number of hydrogen-bond donors (Lipinski definition) is 1. The first-order valence-corrected chi connectivity index (χ1v) is 7.15. The highest BCUT2D eigenvalue weighted by atomic mass is 32.1. The number of fused-ring (bicyclic) bond motifs is 3. The first-order chi connectivity index (χ1) is 9.31. The third kappa shape index (κ3) is 1.75. The van der Waals surface area contributed by atoms with E-state index >= 15 is 0 Å². The largest absolute Gasteiger partial charge is 0.309 e. The summed E-state index contributed by atoms with van der Waals surface area (Å²) in [6.45, 7) is 3.12. The van der Waals surface area contributed by atoms with Crippen LogP contribution in [0.4, 0.5) is 0 Å². The van der Waals surface area contributed by atoms with Crippen LogP contribution in [0.5, 0.6) is 0 Å². The first kappa shape index (κ1) is 11.1. The van der Waals surface area contributed by atoms with Crippen LogP contribution in [0.25, 0.3) is 16.5 Å². The monoisotopic (exact) mass is 271 g/mol. The zero-order valence-corrected chi connectivity index (χ0v) is 11.3. The van der Waals surface area contributed by atoms with Crippen LogP contribution in [-0.2, 0) is 13.0 Å². The predicted molar refractivity (Wildman–Crippen MR) is 74.1 cm³/mol. The van der Waals surface area contributed by atoms with Gasteiger partial charge in [0, 0.05) is 30.1 Å². The Balaban J connectivity index is 1.85. The Bertz CT molecular complexity index is 730. The second-order valence-corrected chi connectivity index (χ2v) is 5.86. The molecule has 4 heterocycles. The van der Waals surface area contributed by atoms with E-state index < -0.39 is 0 Å². The smallest absolute Gasteiger partial charge is 0.213 e. The van der Waals surface area contributed by atoms with Crippen LogP contribution in [0, 0.1) is 0 Å². The predicted octanol–water partition coefficient (Wildman–Crippen LogP) is 1.89. The summed E-state index contributed by atoms with van der Waals surface area (Å²) in [7, 11) is 0. The first-order valence-electron chi connectivity index (χ1n) is 6.33. The van der Waals surface area contributed by atoms with Crippen LogP contribution in [0.2, 0.25) is 0 Å². The number of rotatable bonds is 1. The van der Waals surface area contributed by atoms with Gasteiger partial charge in [0.15, 0.2) is 0 Å².